The van der Waals surface area contributed by atoms with Crippen molar-refractivity contribution in [1.82, 2.24) is 0 Å². The predicted molar refractivity (Wildman–Crippen MR) is 34.7 cm³/mol. The molecule has 0 heterocycles. The van der Waals surface area contributed by atoms with Crippen LogP contribution in [0.3, 0.4) is 0 Å². The van der Waals surface area contributed by atoms with E-state index in [9.17, 15) is 4.53 Å². The van der Waals surface area contributed by atoms with Crippen molar-refractivity contribution in [2.45, 2.75) is 0 Å². The molecule has 0 N–H and O–H groups in total. The first-order chi connectivity index (χ1) is 4.86. The third-order valence-electron chi connectivity index (χ3n) is 1.15. The molecule has 0 saturated heterocycles. The predicted octanol–water partition coefficient (Wildman–Crippen LogP) is 1.96. The Morgan fingerprint density at radius 1 is 1.10 bits per heavy atom. The lowest BCUT2D eigenvalue weighted by Gasteiger charge is -1.97. The Morgan fingerprint density at radius 3 is 2.00 bits per heavy atom. The number of hydrogen-bond acceptors (Lipinski definition) is 2. The summed E-state index contributed by atoms with van der Waals surface area (Å²) in [5.74, 6) is 0.863. The second-order valence-electron chi connectivity index (χ2n) is 1.75. The molecule has 0 unspecified atom stereocenters. The molecule has 0 aromatic heterocycles. The minimum Gasteiger partial charge on any atom is -0.497 e. The zero-order valence-corrected chi connectivity index (χ0v) is 5.50. The summed E-state index contributed by atoms with van der Waals surface area (Å²) in [6.45, 7) is 0. The number of benzene rings is 1. The van der Waals surface area contributed by atoms with E-state index in [1.165, 1.54) is 12.1 Å². The Labute approximate surface area is 58.1 Å². The van der Waals surface area contributed by atoms with Crippen molar-refractivity contribution in [3.05, 3.63) is 24.3 Å². The SMILES string of the molecule is COc1ccc(OF)cc1. The first-order valence-corrected chi connectivity index (χ1v) is 2.79. The Morgan fingerprint density at radius 2 is 1.60 bits per heavy atom. The van der Waals surface area contributed by atoms with E-state index in [0.29, 0.717) is 5.75 Å². The fourth-order valence-electron chi connectivity index (χ4n) is 0.627. The van der Waals surface area contributed by atoms with Crippen LogP contribution in [0.2, 0.25) is 0 Å². The summed E-state index contributed by atoms with van der Waals surface area (Å²) in [5, 5.41) is 0. The van der Waals surface area contributed by atoms with Gasteiger partial charge in [0.05, 0.1) is 7.11 Å². The second-order valence-corrected chi connectivity index (χ2v) is 1.75. The molecule has 0 spiro atoms. The van der Waals surface area contributed by atoms with E-state index < -0.39 is 0 Å². The second kappa shape index (κ2) is 3.06. The third-order valence-corrected chi connectivity index (χ3v) is 1.15. The fourth-order valence-corrected chi connectivity index (χ4v) is 0.627. The van der Waals surface area contributed by atoms with Crippen LogP contribution < -0.4 is 9.68 Å². The molecule has 0 atom stereocenters. The van der Waals surface area contributed by atoms with Gasteiger partial charge in [-0.05, 0) is 24.3 Å². The van der Waals surface area contributed by atoms with Crippen LogP contribution >= 0.6 is 0 Å². The van der Waals surface area contributed by atoms with Crippen molar-refractivity contribution < 1.29 is 14.2 Å². The minimum absolute atomic E-state index is 0.181. The van der Waals surface area contributed by atoms with E-state index in [-0.39, 0.29) is 5.75 Å². The van der Waals surface area contributed by atoms with Gasteiger partial charge in [-0.3, -0.25) is 4.94 Å². The van der Waals surface area contributed by atoms with E-state index in [0.717, 1.165) is 0 Å². The largest absolute Gasteiger partial charge is 0.497 e. The molecule has 0 amide bonds. The zero-order valence-electron chi connectivity index (χ0n) is 5.50. The van der Waals surface area contributed by atoms with Gasteiger partial charge in [0.1, 0.15) is 5.75 Å². The van der Waals surface area contributed by atoms with Crippen LogP contribution in [0, 0.1) is 0 Å². The highest BCUT2D eigenvalue weighted by atomic mass is 19.3. The average Bonchev–Trinajstić information content (AvgIpc) is 2.05. The van der Waals surface area contributed by atoms with Gasteiger partial charge < -0.3 is 4.74 Å². The molecule has 0 aliphatic heterocycles. The highest BCUT2D eigenvalue weighted by Gasteiger charge is 1.92. The Bertz CT molecular complexity index is 172. The molecule has 0 aliphatic rings. The summed E-state index contributed by atoms with van der Waals surface area (Å²) >= 11 is 0. The lowest BCUT2D eigenvalue weighted by Crippen LogP contribution is -1.81. The minimum atomic E-state index is 0.181. The van der Waals surface area contributed by atoms with Gasteiger partial charge in [0, 0.05) is 4.53 Å². The van der Waals surface area contributed by atoms with Crippen LogP contribution in [0.15, 0.2) is 24.3 Å². The number of hydrogen-bond donors (Lipinski definition) is 0. The van der Waals surface area contributed by atoms with Gasteiger partial charge in [-0.1, -0.05) is 0 Å². The normalized spacial score (nSPS) is 9.00. The van der Waals surface area contributed by atoms with Crippen LogP contribution in [0.4, 0.5) is 4.53 Å². The number of methoxy groups -OCH3 is 1. The summed E-state index contributed by atoms with van der Waals surface area (Å²) in [5.41, 5.74) is 0. The van der Waals surface area contributed by atoms with Gasteiger partial charge in [-0.2, -0.15) is 0 Å². The van der Waals surface area contributed by atoms with Gasteiger partial charge in [-0.25, -0.2) is 0 Å². The molecule has 3 heteroatoms. The number of halogens is 1. The Hall–Kier alpha value is -1.25. The maximum atomic E-state index is 11.4. The van der Waals surface area contributed by atoms with Crippen LogP contribution in [0.5, 0.6) is 11.5 Å². The van der Waals surface area contributed by atoms with Gasteiger partial charge in [-0.15, -0.1) is 0 Å². The quantitative estimate of drug-likeness (QED) is 0.628. The van der Waals surface area contributed by atoms with Crippen molar-refractivity contribution >= 4 is 0 Å². The number of rotatable bonds is 2. The highest BCUT2D eigenvalue weighted by molar-refractivity contribution is 5.30. The summed E-state index contributed by atoms with van der Waals surface area (Å²) in [6.07, 6.45) is 0. The number of ether oxygens (including phenoxy) is 1. The van der Waals surface area contributed by atoms with Crippen LogP contribution in [-0.4, -0.2) is 7.11 Å². The van der Waals surface area contributed by atoms with E-state index in [1.807, 2.05) is 0 Å². The van der Waals surface area contributed by atoms with Crippen LogP contribution in [0.1, 0.15) is 0 Å². The molecule has 0 bridgehead atoms. The molecule has 1 aromatic rings. The summed E-state index contributed by atoms with van der Waals surface area (Å²) in [6, 6.07) is 6.21. The van der Waals surface area contributed by atoms with Gasteiger partial charge in [0.25, 0.3) is 0 Å². The standard InChI is InChI=1S/C7H7FO2/c1-9-6-2-4-7(10-8)5-3-6/h2-5H,1H3. The van der Waals surface area contributed by atoms with Gasteiger partial charge in [0.2, 0.25) is 0 Å². The smallest absolute Gasteiger partial charge is 0.172 e. The van der Waals surface area contributed by atoms with Crippen molar-refractivity contribution in [3.63, 3.8) is 0 Å². The maximum absolute atomic E-state index is 11.4. The van der Waals surface area contributed by atoms with Crippen molar-refractivity contribution in [2.75, 3.05) is 7.11 Å². The molecule has 10 heavy (non-hydrogen) atoms. The van der Waals surface area contributed by atoms with Crippen molar-refractivity contribution in [2.24, 2.45) is 0 Å². The highest BCUT2D eigenvalue weighted by Crippen LogP contribution is 2.16. The van der Waals surface area contributed by atoms with Gasteiger partial charge in [0.15, 0.2) is 5.75 Å². The molecule has 0 aliphatic carbocycles. The first-order valence-electron chi connectivity index (χ1n) is 2.79. The summed E-state index contributed by atoms with van der Waals surface area (Å²) < 4.78 is 16.3. The molecule has 54 valence electrons. The van der Waals surface area contributed by atoms with Crippen molar-refractivity contribution in [1.29, 1.82) is 0 Å². The average molecular weight is 142 g/mol. The maximum Gasteiger partial charge on any atom is 0.172 e. The zero-order chi connectivity index (χ0) is 7.40. The van der Waals surface area contributed by atoms with E-state index >= 15 is 0 Å². The summed E-state index contributed by atoms with van der Waals surface area (Å²) in [4.78, 5) is 3.46. The van der Waals surface area contributed by atoms with E-state index in [2.05, 4.69) is 4.94 Å². The van der Waals surface area contributed by atoms with Crippen LogP contribution in [0.25, 0.3) is 0 Å². The van der Waals surface area contributed by atoms with Gasteiger partial charge >= 0.3 is 0 Å². The molecule has 1 aromatic carbocycles. The van der Waals surface area contributed by atoms with E-state index in [4.69, 9.17) is 4.74 Å². The molecule has 0 radical (unpaired) electrons. The van der Waals surface area contributed by atoms with Crippen LogP contribution in [-0.2, 0) is 0 Å². The first kappa shape index (κ1) is 6.86. The lowest BCUT2D eigenvalue weighted by molar-refractivity contribution is -0.00625. The lowest BCUT2D eigenvalue weighted by atomic mass is 10.3. The molecule has 1 rings (SSSR count). The van der Waals surface area contributed by atoms with Crippen molar-refractivity contribution in [3.8, 4) is 11.5 Å². The molecule has 2 nitrogen and oxygen atoms in total. The molecular formula is C7H7FO2. The third kappa shape index (κ3) is 1.37. The Balaban J connectivity index is 2.80. The molecule has 0 saturated carbocycles. The van der Waals surface area contributed by atoms with E-state index in [1.54, 1.807) is 19.2 Å². The Kier molecular flexibility index (Phi) is 2.10. The fraction of sp³-hybridized carbons (Fsp3) is 0.143. The topological polar surface area (TPSA) is 18.5 Å². The molecular weight excluding hydrogens is 135 g/mol. The summed E-state index contributed by atoms with van der Waals surface area (Å²) in [7, 11) is 1.55. The molecule has 0 fully saturated rings. The monoisotopic (exact) mass is 142 g/mol.